The third kappa shape index (κ3) is 4.96. The molecule has 0 bridgehead atoms. The number of terminal acetylenes is 1. The summed E-state index contributed by atoms with van der Waals surface area (Å²) in [6.45, 7) is 4.57. The predicted octanol–water partition coefficient (Wildman–Crippen LogP) is 4.30. The van der Waals surface area contributed by atoms with Crippen LogP contribution in [0.4, 0.5) is 5.69 Å². The van der Waals surface area contributed by atoms with Crippen LogP contribution in [0.2, 0.25) is 0 Å². The van der Waals surface area contributed by atoms with E-state index in [2.05, 4.69) is 16.2 Å². The number of benzene rings is 2. The Hall–Kier alpha value is -3.17. The third-order valence-electron chi connectivity index (χ3n) is 3.79. The Labute approximate surface area is 168 Å². The minimum absolute atomic E-state index is 0.164. The van der Waals surface area contributed by atoms with Crippen LogP contribution >= 0.6 is 11.8 Å². The first-order valence-corrected chi connectivity index (χ1v) is 9.60. The highest BCUT2D eigenvalue weighted by molar-refractivity contribution is 8.18. The fourth-order valence-electron chi connectivity index (χ4n) is 2.49. The van der Waals surface area contributed by atoms with Crippen molar-refractivity contribution < 1.29 is 14.3 Å². The number of amides is 1. The van der Waals surface area contributed by atoms with Gasteiger partial charge in [0.2, 0.25) is 0 Å². The van der Waals surface area contributed by atoms with E-state index in [1.165, 1.54) is 11.8 Å². The van der Waals surface area contributed by atoms with Gasteiger partial charge in [-0.3, -0.25) is 4.79 Å². The Morgan fingerprint density at radius 3 is 2.68 bits per heavy atom. The number of rotatable bonds is 6. The van der Waals surface area contributed by atoms with Crippen LogP contribution in [0, 0.1) is 19.3 Å². The summed E-state index contributed by atoms with van der Waals surface area (Å²) in [4.78, 5) is 17.3. The molecule has 6 heteroatoms. The van der Waals surface area contributed by atoms with Gasteiger partial charge in [-0.1, -0.05) is 29.7 Å². The van der Waals surface area contributed by atoms with Gasteiger partial charge in [0.05, 0.1) is 17.2 Å². The van der Waals surface area contributed by atoms with Crippen molar-refractivity contribution in [2.75, 3.05) is 13.2 Å². The molecule has 3 rings (SSSR count). The lowest BCUT2D eigenvalue weighted by Crippen LogP contribution is -2.19. The highest BCUT2D eigenvalue weighted by atomic mass is 32.2. The van der Waals surface area contributed by atoms with Gasteiger partial charge in [0.1, 0.15) is 6.61 Å². The minimum Gasteiger partial charge on any atom is -0.490 e. The van der Waals surface area contributed by atoms with Crippen LogP contribution in [-0.2, 0) is 4.79 Å². The van der Waals surface area contributed by atoms with E-state index in [9.17, 15) is 4.79 Å². The zero-order valence-corrected chi connectivity index (χ0v) is 16.5. The van der Waals surface area contributed by atoms with Gasteiger partial charge >= 0.3 is 0 Å². The first-order valence-electron chi connectivity index (χ1n) is 8.78. The fraction of sp³-hybridized carbons (Fsp3) is 0.182. The molecule has 0 aliphatic carbocycles. The second-order valence-corrected chi connectivity index (χ2v) is 6.98. The molecule has 0 aromatic heterocycles. The summed E-state index contributed by atoms with van der Waals surface area (Å²) in [6.07, 6.45) is 7.04. The van der Waals surface area contributed by atoms with Gasteiger partial charge in [0.15, 0.2) is 16.7 Å². The molecule has 1 fully saturated rings. The smallest absolute Gasteiger partial charge is 0.264 e. The van der Waals surface area contributed by atoms with Crippen LogP contribution in [0.1, 0.15) is 18.1 Å². The molecule has 28 heavy (non-hydrogen) atoms. The van der Waals surface area contributed by atoms with E-state index in [1.54, 1.807) is 12.1 Å². The van der Waals surface area contributed by atoms with Crippen LogP contribution in [0.25, 0.3) is 6.08 Å². The Balaban J connectivity index is 1.81. The van der Waals surface area contributed by atoms with E-state index in [1.807, 2.05) is 50.2 Å². The SMILES string of the molecule is C#CCOc1ccc(/C=C2\SC(=Nc3ccc(C)cc3)NC2=O)cc1OCC. The lowest BCUT2D eigenvalue weighted by atomic mass is 10.2. The summed E-state index contributed by atoms with van der Waals surface area (Å²) in [5, 5.41) is 3.35. The Morgan fingerprint density at radius 2 is 1.96 bits per heavy atom. The van der Waals surface area contributed by atoms with Crippen molar-refractivity contribution in [1.82, 2.24) is 5.32 Å². The van der Waals surface area contributed by atoms with Crippen LogP contribution in [0.15, 0.2) is 52.4 Å². The fourth-order valence-corrected chi connectivity index (χ4v) is 3.33. The molecule has 5 nitrogen and oxygen atoms in total. The Kier molecular flexibility index (Phi) is 6.41. The van der Waals surface area contributed by atoms with Gasteiger partial charge in [-0.15, -0.1) is 6.42 Å². The average molecular weight is 392 g/mol. The Bertz CT molecular complexity index is 972. The molecule has 1 heterocycles. The third-order valence-corrected chi connectivity index (χ3v) is 4.70. The van der Waals surface area contributed by atoms with E-state index in [4.69, 9.17) is 15.9 Å². The molecule has 0 saturated carbocycles. The monoisotopic (exact) mass is 392 g/mol. The summed E-state index contributed by atoms with van der Waals surface area (Å²) < 4.78 is 11.1. The van der Waals surface area contributed by atoms with E-state index in [-0.39, 0.29) is 12.5 Å². The average Bonchev–Trinajstić information content (AvgIpc) is 3.02. The summed E-state index contributed by atoms with van der Waals surface area (Å²) in [6, 6.07) is 13.3. The van der Waals surface area contributed by atoms with Gasteiger partial charge in [-0.05, 0) is 61.5 Å². The van der Waals surface area contributed by atoms with E-state index >= 15 is 0 Å². The van der Waals surface area contributed by atoms with E-state index in [0.29, 0.717) is 28.2 Å². The second-order valence-electron chi connectivity index (χ2n) is 5.95. The van der Waals surface area contributed by atoms with Gasteiger partial charge < -0.3 is 14.8 Å². The number of hydrogen-bond donors (Lipinski definition) is 1. The molecule has 0 spiro atoms. The van der Waals surface area contributed by atoms with Crippen molar-refractivity contribution in [2.24, 2.45) is 4.99 Å². The summed E-state index contributed by atoms with van der Waals surface area (Å²) in [5.41, 5.74) is 2.78. The predicted molar refractivity (Wildman–Crippen MR) is 114 cm³/mol. The molecule has 1 amide bonds. The quantitative estimate of drug-likeness (QED) is 0.588. The van der Waals surface area contributed by atoms with E-state index in [0.717, 1.165) is 16.8 Å². The van der Waals surface area contributed by atoms with Gasteiger partial charge in [-0.25, -0.2) is 4.99 Å². The van der Waals surface area contributed by atoms with Gasteiger partial charge in [0.25, 0.3) is 5.91 Å². The van der Waals surface area contributed by atoms with Crippen LogP contribution in [-0.4, -0.2) is 24.3 Å². The second kappa shape index (κ2) is 9.16. The number of amidine groups is 1. The topological polar surface area (TPSA) is 59.9 Å². The molecule has 1 N–H and O–H groups in total. The molecule has 2 aromatic rings. The number of nitrogens with zero attached hydrogens (tertiary/aromatic N) is 1. The van der Waals surface area contributed by atoms with Crippen molar-refractivity contribution in [3.63, 3.8) is 0 Å². The molecule has 1 aliphatic heterocycles. The molecule has 1 aliphatic rings. The van der Waals surface area contributed by atoms with Crippen molar-refractivity contribution in [3.8, 4) is 23.8 Å². The maximum atomic E-state index is 12.3. The molecule has 0 atom stereocenters. The lowest BCUT2D eigenvalue weighted by Gasteiger charge is -2.11. The van der Waals surface area contributed by atoms with Gasteiger partial charge in [-0.2, -0.15) is 0 Å². The molecule has 0 radical (unpaired) electrons. The van der Waals surface area contributed by atoms with Crippen molar-refractivity contribution in [2.45, 2.75) is 13.8 Å². The van der Waals surface area contributed by atoms with Crippen molar-refractivity contribution >= 4 is 34.6 Å². The number of nitrogens with one attached hydrogen (secondary N) is 1. The van der Waals surface area contributed by atoms with E-state index < -0.39 is 0 Å². The van der Waals surface area contributed by atoms with Crippen molar-refractivity contribution in [1.29, 1.82) is 0 Å². The number of carbonyl (C=O) groups excluding carboxylic acids is 1. The number of ether oxygens (including phenoxy) is 2. The van der Waals surface area contributed by atoms with Crippen LogP contribution < -0.4 is 14.8 Å². The molecule has 1 saturated heterocycles. The molecule has 0 unspecified atom stereocenters. The Morgan fingerprint density at radius 1 is 1.18 bits per heavy atom. The number of hydrogen-bond acceptors (Lipinski definition) is 5. The number of aryl methyl sites for hydroxylation is 1. The number of thioether (sulfide) groups is 1. The standard InChI is InChI=1S/C22H20N2O3S/c1-4-12-27-18-11-8-16(13-19(18)26-5-2)14-20-21(25)24-22(28-20)23-17-9-6-15(3)7-10-17/h1,6-11,13-14H,5,12H2,2-3H3,(H,23,24,25)/b20-14-. The highest BCUT2D eigenvalue weighted by Gasteiger charge is 2.24. The number of aliphatic imine (C=N–C) groups is 1. The van der Waals surface area contributed by atoms with Crippen LogP contribution in [0.5, 0.6) is 11.5 Å². The maximum Gasteiger partial charge on any atom is 0.264 e. The maximum absolute atomic E-state index is 12.3. The summed E-state index contributed by atoms with van der Waals surface area (Å²) in [7, 11) is 0. The van der Waals surface area contributed by atoms with Crippen molar-refractivity contribution in [3.05, 3.63) is 58.5 Å². The molecular weight excluding hydrogens is 372 g/mol. The zero-order chi connectivity index (χ0) is 19.9. The summed E-state index contributed by atoms with van der Waals surface area (Å²) in [5.74, 6) is 3.42. The number of carbonyl (C=O) groups is 1. The summed E-state index contributed by atoms with van der Waals surface area (Å²) >= 11 is 1.30. The first kappa shape index (κ1) is 19.6. The highest BCUT2D eigenvalue weighted by Crippen LogP contribution is 2.32. The van der Waals surface area contributed by atoms with Gasteiger partial charge in [0, 0.05) is 0 Å². The molecule has 142 valence electrons. The normalized spacial score (nSPS) is 16.1. The minimum atomic E-state index is -0.179. The largest absolute Gasteiger partial charge is 0.490 e. The molecular formula is C22H20N2O3S. The first-order chi connectivity index (χ1) is 13.6. The molecule has 2 aromatic carbocycles. The lowest BCUT2D eigenvalue weighted by molar-refractivity contribution is -0.115. The zero-order valence-electron chi connectivity index (χ0n) is 15.7. The van der Waals surface area contributed by atoms with Crippen LogP contribution in [0.3, 0.4) is 0 Å².